The van der Waals surface area contributed by atoms with Gasteiger partial charge in [0.05, 0.1) is 5.75 Å². The first-order valence-corrected chi connectivity index (χ1v) is 11.7. The lowest BCUT2D eigenvalue weighted by molar-refractivity contribution is 0.0981. The normalized spacial score (nSPS) is 22.2. The van der Waals surface area contributed by atoms with Crippen LogP contribution in [0.15, 0.2) is 18.2 Å². The number of hydrogen-bond donors (Lipinski definition) is 4. The second-order valence-electron chi connectivity index (χ2n) is 8.05. The first kappa shape index (κ1) is 20.5. The van der Waals surface area contributed by atoms with Crippen LogP contribution in [0.25, 0.3) is 0 Å². The van der Waals surface area contributed by atoms with E-state index in [0.29, 0.717) is 23.9 Å². The summed E-state index contributed by atoms with van der Waals surface area (Å²) in [6.07, 6.45) is 2.42. The molecular formula is C19H26N6O4S. The van der Waals surface area contributed by atoms with E-state index in [1.165, 1.54) is 0 Å². The van der Waals surface area contributed by atoms with Gasteiger partial charge in [-0.3, -0.25) is 9.82 Å². The van der Waals surface area contributed by atoms with Crippen molar-refractivity contribution in [2.24, 2.45) is 0 Å². The molecule has 162 valence electrons. The van der Waals surface area contributed by atoms with Gasteiger partial charge in [0.25, 0.3) is 0 Å². The van der Waals surface area contributed by atoms with Gasteiger partial charge in [0.2, 0.25) is 10.0 Å². The molecule has 1 aliphatic carbocycles. The lowest BCUT2D eigenvalue weighted by atomic mass is 10.0. The monoisotopic (exact) mass is 434 g/mol. The molecule has 0 radical (unpaired) electrons. The number of aryl methyl sites for hydroxylation is 1. The molecule has 1 fully saturated rings. The zero-order valence-corrected chi connectivity index (χ0v) is 17.8. The summed E-state index contributed by atoms with van der Waals surface area (Å²) >= 11 is 0. The minimum Gasteiger partial charge on any atom is -0.446 e. The van der Waals surface area contributed by atoms with Crippen molar-refractivity contribution in [3.8, 4) is 0 Å². The molecule has 4 rings (SSSR count). The molecule has 1 aliphatic heterocycles. The van der Waals surface area contributed by atoms with E-state index in [2.05, 4.69) is 30.5 Å². The van der Waals surface area contributed by atoms with E-state index in [0.717, 1.165) is 30.5 Å². The predicted molar refractivity (Wildman–Crippen MR) is 112 cm³/mol. The predicted octanol–water partition coefficient (Wildman–Crippen LogP) is 2.62. The molecule has 0 unspecified atom stereocenters. The van der Waals surface area contributed by atoms with Gasteiger partial charge in [-0.2, -0.15) is 5.10 Å². The number of nitrogens with one attached hydrogen (secondary N) is 4. The molecule has 0 saturated heterocycles. The van der Waals surface area contributed by atoms with Crippen LogP contribution in [0.2, 0.25) is 0 Å². The molecule has 3 heterocycles. The number of amides is 1. The summed E-state index contributed by atoms with van der Waals surface area (Å²) in [7, 11) is -3.32. The van der Waals surface area contributed by atoms with Crippen molar-refractivity contribution in [2.75, 3.05) is 15.8 Å². The summed E-state index contributed by atoms with van der Waals surface area (Å²) < 4.78 is 31.5. The van der Waals surface area contributed by atoms with E-state index in [9.17, 15) is 13.2 Å². The van der Waals surface area contributed by atoms with Crippen molar-refractivity contribution in [1.82, 2.24) is 20.5 Å². The molecule has 0 spiro atoms. The molecular weight excluding hydrogens is 408 g/mol. The van der Waals surface area contributed by atoms with Gasteiger partial charge in [-0.1, -0.05) is 6.07 Å². The zero-order chi connectivity index (χ0) is 21.3. The number of carbonyl (C=O) groups excluding carboxylic acids is 1. The molecule has 0 bridgehead atoms. The Morgan fingerprint density at radius 2 is 2.10 bits per heavy atom. The first-order valence-electron chi connectivity index (χ1n) is 10.1. The van der Waals surface area contributed by atoms with Crippen LogP contribution in [0.1, 0.15) is 50.3 Å². The number of rotatable bonds is 5. The van der Waals surface area contributed by atoms with Crippen LogP contribution < -0.4 is 15.4 Å². The Bertz CT molecular complexity index is 1040. The van der Waals surface area contributed by atoms with Crippen molar-refractivity contribution in [1.29, 1.82) is 0 Å². The third-order valence-corrected chi connectivity index (χ3v) is 6.48. The second kappa shape index (κ2) is 8.13. The van der Waals surface area contributed by atoms with Gasteiger partial charge in [-0.05, 0) is 51.2 Å². The second-order valence-corrected chi connectivity index (χ2v) is 9.89. The highest BCUT2D eigenvalue weighted by Gasteiger charge is 2.30. The number of alkyl carbamates (subject to hydrolysis) is 1. The molecule has 30 heavy (non-hydrogen) atoms. The maximum absolute atomic E-state index is 11.8. The highest BCUT2D eigenvalue weighted by Crippen LogP contribution is 2.36. The molecule has 0 aromatic carbocycles. The lowest BCUT2D eigenvalue weighted by Crippen LogP contribution is -2.33. The quantitative estimate of drug-likeness (QED) is 0.567. The van der Waals surface area contributed by atoms with E-state index in [1.54, 1.807) is 6.07 Å². The molecule has 2 aromatic rings. The van der Waals surface area contributed by atoms with Crippen LogP contribution in [0.4, 0.5) is 22.2 Å². The summed E-state index contributed by atoms with van der Waals surface area (Å²) in [4.78, 5) is 16.1. The number of anilines is 3. The van der Waals surface area contributed by atoms with Crippen LogP contribution in [0.3, 0.4) is 0 Å². The van der Waals surface area contributed by atoms with Gasteiger partial charge in [-0.25, -0.2) is 18.2 Å². The Morgan fingerprint density at radius 1 is 1.27 bits per heavy atom. The fourth-order valence-corrected chi connectivity index (χ4v) is 4.84. The highest BCUT2D eigenvalue weighted by atomic mass is 32.2. The fraction of sp³-hybridized carbons (Fsp3) is 0.526. The molecule has 1 saturated carbocycles. The topological polar surface area (TPSA) is 138 Å². The SMILES string of the molecule is CC(C)NC(=O)O[C@@H]1CC[C@H](c2cc(Nc3ccc4c(n3)NS(=O)(=O)CC4)n[nH]2)C1. The number of sulfonamides is 1. The van der Waals surface area contributed by atoms with Gasteiger partial charge >= 0.3 is 6.09 Å². The Labute approximate surface area is 175 Å². The minimum atomic E-state index is -3.32. The number of H-pyrrole nitrogens is 1. The van der Waals surface area contributed by atoms with Crippen LogP contribution in [0.5, 0.6) is 0 Å². The van der Waals surface area contributed by atoms with Gasteiger partial charge < -0.3 is 15.4 Å². The average Bonchev–Trinajstić information content (AvgIpc) is 3.29. The number of fused-ring (bicyclic) bond motifs is 1. The third kappa shape index (κ3) is 4.84. The van der Waals surface area contributed by atoms with Gasteiger partial charge in [0.15, 0.2) is 5.82 Å². The lowest BCUT2D eigenvalue weighted by Gasteiger charge is -2.17. The summed E-state index contributed by atoms with van der Waals surface area (Å²) in [5.74, 6) is 1.76. The molecule has 11 heteroatoms. The van der Waals surface area contributed by atoms with Crippen molar-refractivity contribution in [2.45, 2.75) is 57.6 Å². The number of hydrogen-bond acceptors (Lipinski definition) is 7. The molecule has 2 atom stereocenters. The number of pyridine rings is 1. The number of carbonyl (C=O) groups is 1. The third-order valence-electron chi connectivity index (χ3n) is 5.23. The molecule has 2 aliphatic rings. The van der Waals surface area contributed by atoms with E-state index in [1.807, 2.05) is 26.0 Å². The maximum Gasteiger partial charge on any atom is 0.407 e. The molecule has 1 amide bonds. The minimum absolute atomic E-state index is 0.0449. The largest absolute Gasteiger partial charge is 0.446 e. The molecule has 2 aromatic heterocycles. The smallest absolute Gasteiger partial charge is 0.407 e. The summed E-state index contributed by atoms with van der Waals surface area (Å²) in [5.41, 5.74) is 1.84. The first-order chi connectivity index (χ1) is 14.3. The van der Waals surface area contributed by atoms with Gasteiger partial charge in [0.1, 0.15) is 17.7 Å². The summed E-state index contributed by atoms with van der Waals surface area (Å²) in [6, 6.07) is 5.62. The van der Waals surface area contributed by atoms with Gasteiger partial charge in [-0.15, -0.1) is 0 Å². The molecule has 4 N–H and O–H groups in total. The number of ether oxygens (including phenoxy) is 1. The standard InChI is InChI=1S/C19H26N6O4S/c1-11(2)20-19(26)29-14-5-3-13(9-14)15-10-17(24-23-15)21-16-6-4-12-7-8-30(27,28)25-18(12)22-16/h4,6,10-11,13-14H,3,5,7-9H2,1-2H3,(H,20,26)(H3,21,22,23,24,25)/t13-,14+/m0/s1. The van der Waals surface area contributed by atoms with Crippen molar-refractivity contribution in [3.63, 3.8) is 0 Å². The van der Waals surface area contributed by atoms with Crippen LogP contribution in [0, 0.1) is 0 Å². The highest BCUT2D eigenvalue weighted by molar-refractivity contribution is 7.92. The van der Waals surface area contributed by atoms with Crippen molar-refractivity contribution < 1.29 is 17.9 Å². The van der Waals surface area contributed by atoms with Crippen LogP contribution in [-0.4, -0.2) is 47.6 Å². The fourth-order valence-electron chi connectivity index (χ4n) is 3.78. The Hall–Kier alpha value is -2.82. The van der Waals surface area contributed by atoms with E-state index in [4.69, 9.17) is 4.74 Å². The number of nitrogens with zero attached hydrogens (tertiary/aromatic N) is 2. The van der Waals surface area contributed by atoms with Crippen LogP contribution in [-0.2, 0) is 21.2 Å². The Morgan fingerprint density at radius 3 is 2.90 bits per heavy atom. The van der Waals surface area contributed by atoms with Crippen LogP contribution >= 0.6 is 0 Å². The average molecular weight is 435 g/mol. The Balaban J connectivity index is 1.37. The Kier molecular flexibility index (Phi) is 5.54. The van der Waals surface area contributed by atoms with Crippen molar-refractivity contribution >= 4 is 33.6 Å². The van der Waals surface area contributed by atoms with E-state index in [-0.39, 0.29) is 29.9 Å². The zero-order valence-electron chi connectivity index (χ0n) is 16.9. The van der Waals surface area contributed by atoms with Gasteiger partial charge in [0, 0.05) is 23.7 Å². The summed E-state index contributed by atoms with van der Waals surface area (Å²) in [6.45, 7) is 3.79. The summed E-state index contributed by atoms with van der Waals surface area (Å²) in [5, 5.41) is 13.2. The van der Waals surface area contributed by atoms with Crippen molar-refractivity contribution in [3.05, 3.63) is 29.5 Å². The number of aromatic amines is 1. The number of aromatic nitrogens is 3. The van der Waals surface area contributed by atoms with E-state index < -0.39 is 10.0 Å². The molecule has 10 nitrogen and oxygen atoms in total. The van der Waals surface area contributed by atoms with E-state index >= 15 is 0 Å². The maximum atomic E-state index is 11.8.